The number of carbonyl (C=O) groups is 1. The van der Waals surface area contributed by atoms with Gasteiger partial charge in [0.05, 0.1) is 11.5 Å². The van der Waals surface area contributed by atoms with Crippen LogP contribution < -0.4 is 5.73 Å². The maximum atomic E-state index is 13.1. The number of rotatable bonds is 4. The number of sulfonamides is 1. The molecule has 0 radical (unpaired) electrons. The van der Waals surface area contributed by atoms with Crippen LogP contribution in [0.1, 0.15) is 43.3 Å². The third-order valence-corrected chi connectivity index (χ3v) is 7.12. The van der Waals surface area contributed by atoms with Crippen molar-refractivity contribution in [3.8, 4) is 0 Å². The molecular formula is C19H27ClN2O5S. The lowest BCUT2D eigenvalue weighted by molar-refractivity contribution is 0.0491. The minimum Gasteiger partial charge on any atom is -0.460 e. The Morgan fingerprint density at radius 3 is 2.68 bits per heavy atom. The van der Waals surface area contributed by atoms with Crippen LogP contribution in [0.15, 0.2) is 27.5 Å². The summed E-state index contributed by atoms with van der Waals surface area (Å²) in [6.45, 7) is 8.39. The summed E-state index contributed by atoms with van der Waals surface area (Å²) in [5, 5.41) is 0.590. The molecule has 2 N–H and O–H groups in total. The van der Waals surface area contributed by atoms with Crippen molar-refractivity contribution in [1.29, 1.82) is 0 Å². The Balaban J connectivity index is 0.00000280. The van der Waals surface area contributed by atoms with Crippen molar-refractivity contribution in [1.82, 2.24) is 4.31 Å². The van der Waals surface area contributed by atoms with Gasteiger partial charge in [0.1, 0.15) is 5.58 Å². The van der Waals surface area contributed by atoms with Crippen LogP contribution in [-0.4, -0.2) is 44.4 Å². The molecule has 1 unspecified atom stereocenters. The van der Waals surface area contributed by atoms with Gasteiger partial charge in [0, 0.05) is 30.1 Å². The van der Waals surface area contributed by atoms with Crippen LogP contribution in [0.2, 0.25) is 0 Å². The second-order valence-electron chi connectivity index (χ2n) is 7.66. The Morgan fingerprint density at radius 2 is 2.07 bits per heavy atom. The second kappa shape index (κ2) is 8.02. The first-order valence-corrected chi connectivity index (χ1v) is 10.5. The van der Waals surface area contributed by atoms with Gasteiger partial charge in [-0.2, -0.15) is 4.31 Å². The summed E-state index contributed by atoms with van der Waals surface area (Å²) in [4.78, 5) is 12.2. The minimum absolute atomic E-state index is 0. The van der Waals surface area contributed by atoms with E-state index in [4.69, 9.17) is 14.9 Å². The number of hydrogen-bond donors (Lipinski definition) is 1. The molecule has 0 amide bonds. The van der Waals surface area contributed by atoms with Crippen molar-refractivity contribution in [2.75, 3.05) is 19.7 Å². The number of fused-ring (bicyclic) bond motifs is 1. The molecule has 1 aliphatic rings. The smallest absolute Gasteiger partial charge is 0.374 e. The molecule has 0 aliphatic carbocycles. The first kappa shape index (κ1) is 22.7. The molecule has 9 heteroatoms. The van der Waals surface area contributed by atoms with Crippen LogP contribution in [0.25, 0.3) is 11.0 Å². The highest BCUT2D eigenvalue weighted by atomic mass is 35.5. The molecule has 0 saturated carbocycles. The van der Waals surface area contributed by atoms with Crippen LogP contribution in [0, 0.1) is 12.3 Å². The number of piperidine rings is 1. The zero-order chi connectivity index (χ0) is 20.0. The zero-order valence-electron chi connectivity index (χ0n) is 16.5. The topological polar surface area (TPSA) is 103 Å². The molecule has 1 aliphatic heterocycles. The molecule has 1 fully saturated rings. The molecule has 156 valence electrons. The maximum absolute atomic E-state index is 13.1. The normalized spacial score (nSPS) is 20.0. The summed E-state index contributed by atoms with van der Waals surface area (Å²) in [7, 11) is -3.67. The number of aryl methyl sites for hydroxylation is 1. The van der Waals surface area contributed by atoms with Crippen molar-refractivity contribution in [3.63, 3.8) is 0 Å². The summed E-state index contributed by atoms with van der Waals surface area (Å²) in [5.74, 6) is -0.450. The number of halogens is 1. The van der Waals surface area contributed by atoms with Crippen LogP contribution in [0.3, 0.4) is 0 Å². The second-order valence-corrected chi connectivity index (χ2v) is 9.59. The van der Waals surface area contributed by atoms with Crippen LogP contribution in [0.5, 0.6) is 0 Å². The fraction of sp³-hybridized carbons (Fsp3) is 0.526. The Kier molecular flexibility index (Phi) is 6.50. The molecule has 7 nitrogen and oxygen atoms in total. The fourth-order valence-electron chi connectivity index (χ4n) is 3.43. The minimum atomic E-state index is -3.67. The van der Waals surface area contributed by atoms with E-state index >= 15 is 0 Å². The van der Waals surface area contributed by atoms with E-state index in [-0.39, 0.29) is 41.1 Å². The van der Waals surface area contributed by atoms with Crippen molar-refractivity contribution in [3.05, 3.63) is 29.5 Å². The quantitative estimate of drug-likeness (QED) is 0.747. The monoisotopic (exact) mass is 430 g/mol. The average Bonchev–Trinajstić information content (AvgIpc) is 2.94. The zero-order valence-corrected chi connectivity index (χ0v) is 18.2. The standard InChI is InChI=1S/C19H26N2O5S.ClH/c1-5-25-18(22)17-12(2)14-10-13(6-7-15(14)26-17)27(23,24)21-9-8-16(20)19(3,4)11-21;/h6-7,10,16H,5,8-9,11,20H2,1-4H3;1H. The van der Waals surface area contributed by atoms with Gasteiger partial charge in [-0.1, -0.05) is 13.8 Å². The summed E-state index contributed by atoms with van der Waals surface area (Å²) < 4.78 is 38.3. The van der Waals surface area contributed by atoms with Crippen molar-refractivity contribution in [2.45, 2.75) is 45.1 Å². The highest BCUT2D eigenvalue weighted by Crippen LogP contribution is 2.33. The molecule has 1 atom stereocenters. The number of benzene rings is 1. The lowest BCUT2D eigenvalue weighted by atomic mass is 9.81. The van der Waals surface area contributed by atoms with Gasteiger partial charge in [0.25, 0.3) is 0 Å². The summed E-state index contributed by atoms with van der Waals surface area (Å²) in [5.41, 5.74) is 6.86. The summed E-state index contributed by atoms with van der Waals surface area (Å²) in [6, 6.07) is 4.62. The largest absolute Gasteiger partial charge is 0.460 e. The fourth-order valence-corrected chi connectivity index (χ4v) is 5.08. The molecule has 1 saturated heterocycles. The molecular weight excluding hydrogens is 404 g/mol. The molecule has 2 heterocycles. The number of furan rings is 1. The van der Waals surface area contributed by atoms with E-state index in [2.05, 4.69) is 0 Å². The van der Waals surface area contributed by atoms with Gasteiger partial charge in [0.2, 0.25) is 15.8 Å². The lowest BCUT2D eigenvalue weighted by Crippen LogP contribution is -2.53. The Morgan fingerprint density at radius 1 is 1.39 bits per heavy atom. The van der Waals surface area contributed by atoms with E-state index in [0.717, 1.165) is 0 Å². The van der Waals surface area contributed by atoms with Gasteiger partial charge in [-0.05, 0) is 43.9 Å². The molecule has 2 aromatic rings. The number of nitrogens with zero attached hydrogens (tertiary/aromatic N) is 1. The van der Waals surface area contributed by atoms with Crippen LogP contribution in [-0.2, 0) is 14.8 Å². The van der Waals surface area contributed by atoms with Gasteiger partial charge in [-0.25, -0.2) is 13.2 Å². The van der Waals surface area contributed by atoms with Crippen LogP contribution in [0.4, 0.5) is 0 Å². The summed E-state index contributed by atoms with van der Waals surface area (Å²) in [6.07, 6.45) is 0.617. The van der Waals surface area contributed by atoms with Gasteiger partial charge in [-0.3, -0.25) is 0 Å². The maximum Gasteiger partial charge on any atom is 0.374 e. The SMILES string of the molecule is CCOC(=O)c1oc2ccc(S(=O)(=O)N3CCC(N)C(C)(C)C3)cc2c1C.Cl. The van der Waals surface area contributed by atoms with Crippen molar-refractivity contribution < 1.29 is 22.4 Å². The van der Waals surface area contributed by atoms with E-state index in [1.165, 1.54) is 10.4 Å². The van der Waals surface area contributed by atoms with Gasteiger partial charge >= 0.3 is 5.97 Å². The molecule has 1 aromatic carbocycles. The first-order valence-electron chi connectivity index (χ1n) is 9.04. The van der Waals surface area contributed by atoms with Gasteiger partial charge < -0.3 is 14.9 Å². The average molecular weight is 431 g/mol. The van der Waals surface area contributed by atoms with E-state index in [9.17, 15) is 13.2 Å². The lowest BCUT2D eigenvalue weighted by Gasteiger charge is -2.41. The van der Waals surface area contributed by atoms with E-state index in [0.29, 0.717) is 36.0 Å². The predicted molar refractivity (Wildman–Crippen MR) is 109 cm³/mol. The van der Waals surface area contributed by atoms with Gasteiger partial charge in [-0.15, -0.1) is 12.4 Å². The molecule has 1 aromatic heterocycles. The predicted octanol–water partition coefficient (Wildman–Crippen LogP) is 3.09. The van der Waals surface area contributed by atoms with Crippen molar-refractivity contribution >= 4 is 39.4 Å². The number of esters is 1. The van der Waals surface area contributed by atoms with Gasteiger partial charge in [0.15, 0.2) is 0 Å². The Bertz CT molecular complexity index is 984. The number of ether oxygens (including phenoxy) is 1. The van der Waals surface area contributed by atoms with Crippen LogP contribution >= 0.6 is 12.4 Å². The Hall–Kier alpha value is -1.61. The number of hydrogen-bond acceptors (Lipinski definition) is 6. The van der Waals surface area contributed by atoms with E-state index in [1.54, 1.807) is 26.0 Å². The van der Waals surface area contributed by atoms with E-state index in [1.807, 2.05) is 13.8 Å². The highest BCUT2D eigenvalue weighted by molar-refractivity contribution is 7.89. The molecule has 3 rings (SSSR count). The third kappa shape index (κ3) is 3.91. The first-order chi connectivity index (χ1) is 12.6. The summed E-state index contributed by atoms with van der Waals surface area (Å²) >= 11 is 0. The Labute approximate surface area is 171 Å². The molecule has 0 spiro atoms. The number of nitrogens with two attached hydrogens (primary N) is 1. The van der Waals surface area contributed by atoms with Crippen molar-refractivity contribution in [2.24, 2.45) is 11.1 Å². The molecule has 28 heavy (non-hydrogen) atoms. The highest BCUT2D eigenvalue weighted by Gasteiger charge is 2.39. The van der Waals surface area contributed by atoms with E-state index < -0.39 is 16.0 Å². The third-order valence-electron chi connectivity index (χ3n) is 5.28. The molecule has 0 bridgehead atoms. The number of carbonyl (C=O) groups excluding carboxylic acids is 1.